The van der Waals surface area contributed by atoms with Crippen molar-refractivity contribution in [3.05, 3.63) is 45.7 Å². The van der Waals surface area contributed by atoms with Crippen LogP contribution >= 0.6 is 22.9 Å². The van der Waals surface area contributed by atoms with Gasteiger partial charge in [-0.3, -0.25) is 5.43 Å². The summed E-state index contributed by atoms with van der Waals surface area (Å²) in [5.74, 6) is 1.53. The van der Waals surface area contributed by atoms with Gasteiger partial charge in [0.05, 0.1) is 6.04 Å². The second kappa shape index (κ2) is 6.99. The van der Waals surface area contributed by atoms with E-state index in [4.69, 9.17) is 16.7 Å². The lowest BCUT2D eigenvalue weighted by molar-refractivity contribution is 0.446. The SMILES string of the molecule is CC(C)CC1CC(c2nn3c(Cc4ccc(Cl)cc4)nnc3s2)NN1. The molecule has 0 aliphatic carbocycles. The fraction of sp³-hybridized carbons (Fsp3) is 0.471. The average molecular weight is 377 g/mol. The zero-order valence-corrected chi connectivity index (χ0v) is 15.8. The van der Waals surface area contributed by atoms with E-state index >= 15 is 0 Å². The van der Waals surface area contributed by atoms with Gasteiger partial charge in [-0.05, 0) is 36.5 Å². The van der Waals surface area contributed by atoms with Gasteiger partial charge in [0.2, 0.25) is 4.96 Å². The molecule has 1 aromatic carbocycles. The van der Waals surface area contributed by atoms with Crippen LogP contribution in [0.1, 0.15) is 49.1 Å². The monoisotopic (exact) mass is 376 g/mol. The summed E-state index contributed by atoms with van der Waals surface area (Å²) in [6, 6.07) is 8.53. The second-order valence-corrected chi connectivity index (χ2v) is 8.38. The Bertz CT molecular complexity index is 856. The van der Waals surface area contributed by atoms with Crippen molar-refractivity contribution in [1.82, 2.24) is 30.7 Å². The van der Waals surface area contributed by atoms with E-state index in [2.05, 4.69) is 34.9 Å². The smallest absolute Gasteiger partial charge is 0.234 e. The van der Waals surface area contributed by atoms with E-state index in [9.17, 15) is 0 Å². The Kier molecular flexibility index (Phi) is 4.73. The van der Waals surface area contributed by atoms with Crippen LogP contribution in [0.5, 0.6) is 0 Å². The predicted octanol–water partition coefficient (Wildman–Crippen LogP) is 3.38. The third-order valence-corrected chi connectivity index (χ3v) is 5.65. The van der Waals surface area contributed by atoms with Gasteiger partial charge in [-0.15, -0.1) is 10.2 Å². The number of hydrogen-bond donors (Lipinski definition) is 2. The lowest BCUT2D eigenvalue weighted by Gasteiger charge is -2.10. The molecule has 1 fully saturated rings. The number of hydrogen-bond acceptors (Lipinski definition) is 6. The molecule has 132 valence electrons. The highest BCUT2D eigenvalue weighted by molar-refractivity contribution is 7.16. The van der Waals surface area contributed by atoms with E-state index < -0.39 is 0 Å². The van der Waals surface area contributed by atoms with Crippen LogP contribution in [-0.4, -0.2) is 25.9 Å². The Morgan fingerprint density at radius 3 is 2.80 bits per heavy atom. The van der Waals surface area contributed by atoms with Crippen molar-refractivity contribution >= 4 is 27.9 Å². The standard InChI is InChI=1S/C17H21ClN6S/c1-10(2)7-13-9-14(20-19-13)16-23-24-15(21-22-17(24)25-16)8-11-3-5-12(18)6-4-11/h3-6,10,13-14,19-20H,7-9H2,1-2H3. The van der Waals surface area contributed by atoms with E-state index in [0.717, 1.165) is 39.2 Å². The number of halogens is 1. The van der Waals surface area contributed by atoms with Crippen molar-refractivity contribution in [2.75, 3.05) is 0 Å². The lowest BCUT2D eigenvalue weighted by atomic mass is 10.0. The first-order valence-electron chi connectivity index (χ1n) is 8.55. The fourth-order valence-electron chi connectivity index (χ4n) is 3.22. The first kappa shape index (κ1) is 16.9. The molecule has 1 aliphatic heterocycles. The second-order valence-electron chi connectivity index (χ2n) is 6.96. The average Bonchev–Trinajstić information content (AvgIpc) is 3.26. The fourth-order valence-corrected chi connectivity index (χ4v) is 4.26. The van der Waals surface area contributed by atoms with Crippen LogP contribution in [0, 0.1) is 5.92 Å². The molecule has 1 saturated heterocycles. The zero-order valence-electron chi connectivity index (χ0n) is 14.2. The van der Waals surface area contributed by atoms with Crippen molar-refractivity contribution in [1.29, 1.82) is 0 Å². The van der Waals surface area contributed by atoms with Crippen molar-refractivity contribution in [2.24, 2.45) is 5.92 Å². The molecule has 2 N–H and O–H groups in total. The van der Waals surface area contributed by atoms with Gasteiger partial charge in [0.25, 0.3) is 0 Å². The summed E-state index contributed by atoms with van der Waals surface area (Å²) in [5, 5.41) is 15.1. The van der Waals surface area contributed by atoms with Crippen LogP contribution in [0.2, 0.25) is 5.02 Å². The topological polar surface area (TPSA) is 67.1 Å². The van der Waals surface area contributed by atoms with Gasteiger partial charge in [-0.25, -0.2) is 5.43 Å². The summed E-state index contributed by atoms with van der Waals surface area (Å²) in [7, 11) is 0. The number of nitrogens with one attached hydrogen (secondary N) is 2. The van der Waals surface area contributed by atoms with Crippen LogP contribution < -0.4 is 10.9 Å². The minimum Gasteiger partial charge on any atom is -0.254 e. The zero-order chi connectivity index (χ0) is 17.4. The summed E-state index contributed by atoms with van der Waals surface area (Å²) in [5.41, 5.74) is 7.91. The molecule has 8 heteroatoms. The summed E-state index contributed by atoms with van der Waals surface area (Å²) in [6.45, 7) is 4.50. The quantitative estimate of drug-likeness (QED) is 0.714. The molecule has 2 unspecified atom stereocenters. The highest BCUT2D eigenvalue weighted by Crippen LogP contribution is 2.28. The Labute approximate surface area is 155 Å². The van der Waals surface area contributed by atoms with E-state index in [0.29, 0.717) is 18.4 Å². The number of nitrogens with zero attached hydrogens (tertiary/aromatic N) is 4. The maximum atomic E-state index is 5.95. The van der Waals surface area contributed by atoms with E-state index in [1.807, 2.05) is 28.8 Å². The van der Waals surface area contributed by atoms with Gasteiger partial charge in [0, 0.05) is 17.5 Å². The minimum atomic E-state index is 0.235. The van der Waals surface area contributed by atoms with Gasteiger partial charge in [0.1, 0.15) is 5.01 Å². The summed E-state index contributed by atoms with van der Waals surface area (Å²) in [4.78, 5) is 0.841. The number of hydrazine groups is 1. The maximum absolute atomic E-state index is 5.95. The van der Waals surface area contributed by atoms with Crippen molar-refractivity contribution < 1.29 is 0 Å². The minimum absolute atomic E-state index is 0.235. The largest absolute Gasteiger partial charge is 0.254 e. The molecule has 0 spiro atoms. The van der Waals surface area contributed by atoms with Gasteiger partial charge >= 0.3 is 0 Å². The molecule has 25 heavy (non-hydrogen) atoms. The third kappa shape index (κ3) is 3.69. The number of fused-ring (bicyclic) bond motifs is 1. The molecule has 2 atom stereocenters. The molecule has 0 radical (unpaired) electrons. The molecule has 2 aromatic heterocycles. The van der Waals surface area contributed by atoms with Crippen LogP contribution in [0.25, 0.3) is 4.96 Å². The summed E-state index contributed by atoms with van der Waals surface area (Å²) >= 11 is 7.55. The van der Waals surface area contributed by atoms with E-state index in [-0.39, 0.29) is 6.04 Å². The van der Waals surface area contributed by atoms with E-state index in [1.165, 1.54) is 0 Å². The van der Waals surface area contributed by atoms with Crippen LogP contribution in [0.4, 0.5) is 0 Å². The Morgan fingerprint density at radius 1 is 1.24 bits per heavy atom. The lowest BCUT2D eigenvalue weighted by Crippen LogP contribution is -2.31. The molecule has 0 amide bonds. The first-order valence-corrected chi connectivity index (χ1v) is 9.74. The molecule has 4 rings (SSSR count). The first-order chi connectivity index (χ1) is 12.1. The maximum Gasteiger partial charge on any atom is 0.234 e. The van der Waals surface area contributed by atoms with Gasteiger partial charge < -0.3 is 0 Å². The third-order valence-electron chi connectivity index (χ3n) is 4.38. The summed E-state index contributed by atoms with van der Waals surface area (Å²) in [6.07, 6.45) is 2.90. The van der Waals surface area contributed by atoms with Gasteiger partial charge in [0.15, 0.2) is 5.82 Å². The van der Waals surface area contributed by atoms with Crippen molar-refractivity contribution in [3.63, 3.8) is 0 Å². The normalized spacial score (nSPS) is 20.8. The molecule has 3 heterocycles. The molecule has 6 nitrogen and oxygen atoms in total. The molecule has 3 aromatic rings. The molecule has 0 saturated carbocycles. The van der Waals surface area contributed by atoms with Crippen LogP contribution in [0.15, 0.2) is 24.3 Å². The Hall–Kier alpha value is -1.54. The molecule has 0 bridgehead atoms. The van der Waals surface area contributed by atoms with Crippen molar-refractivity contribution in [2.45, 2.75) is 45.2 Å². The molecular weight excluding hydrogens is 356 g/mol. The number of benzene rings is 1. The summed E-state index contributed by atoms with van der Waals surface area (Å²) < 4.78 is 1.87. The van der Waals surface area contributed by atoms with E-state index in [1.54, 1.807) is 11.3 Å². The Balaban J connectivity index is 1.51. The molecular formula is C17H21ClN6S. The van der Waals surface area contributed by atoms with Crippen LogP contribution in [0.3, 0.4) is 0 Å². The van der Waals surface area contributed by atoms with Gasteiger partial charge in [-0.2, -0.15) is 9.61 Å². The highest BCUT2D eigenvalue weighted by atomic mass is 35.5. The predicted molar refractivity (Wildman–Crippen MR) is 99.8 cm³/mol. The van der Waals surface area contributed by atoms with Crippen molar-refractivity contribution in [3.8, 4) is 0 Å². The number of rotatable bonds is 5. The number of aromatic nitrogens is 4. The molecule has 1 aliphatic rings. The highest BCUT2D eigenvalue weighted by Gasteiger charge is 2.28. The Morgan fingerprint density at radius 2 is 2.04 bits per heavy atom. The van der Waals surface area contributed by atoms with Crippen LogP contribution in [-0.2, 0) is 6.42 Å². The van der Waals surface area contributed by atoms with Gasteiger partial charge in [-0.1, -0.05) is 48.9 Å².